The van der Waals surface area contributed by atoms with Gasteiger partial charge in [0.1, 0.15) is 5.82 Å². The summed E-state index contributed by atoms with van der Waals surface area (Å²) in [6.45, 7) is 1.24. The molecule has 132 valence electrons. The fraction of sp³-hybridized carbons (Fsp3) is 0.143. The van der Waals surface area contributed by atoms with Crippen LogP contribution < -0.4 is 10.6 Å². The summed E-state index contributed by atoms with van der Waals surface area (Å²) in [7, 11) is 0. The maximum atomic E-state index is 12.2. The molecule has 3 aromatic rings. The molecule has 1 heterocycles. The molecular weight excluding hydrogens is 346 g/mol. The molecule has 2 aromatic carbocycles. The fourth-order valence-electron chi connectivity index (χ4n) is 2.50. The molecule has 26 heavy (non-hydrogen) atoms. The molecule has 5 heteroatoms. The first-order valence-electron chi connectivity index (χ1n) is 8.47. The molecule has 0 saturated heterocycles. The summed E-state index contributed by atoms with van der Waals surface area (Å²) in [4.78, 5) is 16.5. The van der Waals surface area contributed by atoms with Gasteiger partial charge in [0.25, 0.3) is 5.91 Å². The summed E-state index contributed by atoms with van der Waals surface area (Å²) in [5, 5.41) is 6.82. The van der Waals surface area contributed by atoms with Crippen molar-refractivity contribution in [1.82, 2.24) is 10.3 Å². The van der Waals surface area contributed by atoms with Gasteiger partial charge in [-0.15, -0.1) is 0 Å². The Bertz CT molecular complexity index is 833. The minimum absolute atomic E-state index is 0.150. The molecule has 1 amide bonds. The lowest BCUT2D eigenvalue weighted by Gasteiger charge is -2.08. The maximum Gasteiger partial charge on any atom is 0.253 e. The fourth-order valence-corrected chi connectivity index (χ4v) is 2.62. The van der Waals surface area contributed by atoms with Crippen molar-refractivity contribution in [2.24, 2.45) is 0 Å². The van der Waals surface area contributed by atoms with Gasteiger partial charge in [0, 0.05) is 24.3 Å². The van der Waals surface area contributed by atoms with E-state index in [9.17, 15) is 4.79 Å². The molecule has 0 aliphatic rings. The topological polar surface area (TPSA) is 54.0 Å². The Morgan fingerprint density at radius 1 is 0.923 bits per heavy atom. The summed E-state index contributed by atoms with van der Waals surface area (Å²) in [5.74, 6) is 0.610. The number of carbonyl (C=O) groups is 1. The van der Waals surface area contributed by atoms with Crippen molar-refractivity contribution in [2.75, 3.05) is 11.9 Å². The minimum Gasteiger partial charge on any atom is -0.370 e. The Morgan fingerprint density at radius 2 is 1.69 bits per heavy atom. The van der Waals surface area contributed by atoms with Gasteiger partial charge in [-0.05, 0) is 41.8 Å². The van der Waals surface area contributed by atoms with Crippen LogP contribution in [0.2, 0.25) is 5.02 Å². The van der Waals surface area contributed by atoms with Crippen molar-refractivity contribution in [2.45, 2.75) is 13.0 Å². The molecule has 2 N–H and O–H groups in total. The first-order chi connectivity index (χ1) is 12.7. The zero-order valence-electron chi connectivity index (χ0n) is 14.3. The van der Waals surface area contributed by atoms with Gasteiger partial charge in [-0.25, -0.2) is 4.98 Å². The first-order valence-corrected chi connectivity index (χ1v) is 8.85. The zero-order valence-corrected chi connectivity index (χ0v) is 15.0. The number of rotatable bonds is 7. The predicted octanol–water partition coefficient (Wildman–Crippen LogP) is 4.32. The van der Waals surface area contributed by atoms with E-state index in [1.54, 1.807) is 24.4 Å². The number of nitrogens with one attached hydrogen (secondary N) is 2. The van der Waals surface area contributed by atoms with E-state index in [2.05, 4.69) is 27.8 Å². The number of hydrogen-bond donors (Lipinski definition) is 2. The lowest BCUT2D eigenvalue weighted by Crippen LogP contribution is -2.23. The molecule has 0 atom stereocenters. The summed E-state index contributed by atoms with van der Waals surface area (Å²) >= 11 is 5.85. The van der Waals surface area contributed by atoms with E-state index >= 15 is 0 Å². The zero-order chi connectivity index (χ0) is 18.2. The van der Waals surface area contributed by atoms with Gasteiger partial charge in [-0.1, -0.05) is 54.1 Å². The van der Waals surface area contributed by atoms with E-state index in [-0.39, 0.29) is 5.91 Å². The van der Waals surface area contributed by atoms with Crippen LogP contribution in [0.15, 0.2) is 72.9 Å². The average Bonchev–Trinajstić information content (AvgIpc) is 2.69. The number of nitrogens with zero attached hydrogens (tertiary/aromatic N) is 1. The Morgan fingerprint density at radius 3 is 2.38 bits per heavy atom. The lowest BCUT2D eigenvalue weighted by atomic mass is 10.1. The van der Waals surface area contributed by atoms with Gasteiger partial charge in [0.05, 0.1) is 5.56 Å². The Hall–Kier alpha value is -2.85. The minimum atomic E-state index is -0.150. The predicted molar refractivity (Wildman–Crippen MR) is 105 cm³/mol. The van der Waals surface area contributed by atoms with Crippen molar-refractivity contribution in [3.63, 3.8) is 0 Å². The third kappa shape index (κ3) is 5.33. The molecule has 0 saturated carbocycles. The molecule has 0 aliphatic heterocycles. The second-order valence-electron chi connectivity index (χ2n) is 5.90. The van der Waals surface area contributed by atoms with Gasteiger partial charge in [0.15, 0.2) is 0 Å². The van der Waals surface area contributed by atoms with E-state index in [1.807, 2.05) is 36.4 Å². The molecule has 0 radical (unpaired) electrons. The number of aromatic nitrogens is 1. The molecule has 0 unspecified atom stereocenters. The van der Waals surface area contributed by atoms with Crippen LogP contribution in [0.25, 0.3) is 0 Å². The number of carbonyl (C=O) groups excluding carboxylic acids is 1. The molecule has 0 aliphatic carbocycles. The average molecular weight is 366 g/mol. The van der Waals surface area contributed by atoms with Gasteiger partial charge in [-0.2, -0.15) is 0 Å². The second-order valence-corrected chi connectivity index (χ2v) is 6.34. The largest absolute Gasteiger partial charge is 0.370 e. The smallest absolute Gasteiger partial charge is 0.253 e. The number of halogens is 1. The van der Waals surface area contributed by atoms with Crippen LogP contribution in [-0.4, -0.2) is 17.4 Å². The van der Waals surface area contributed by atoms with Crippen LogP contribution in [0, 0.1) is 0 Å². The summed E-state index contributed by atoms with van der Waals surface area (Å²) in [5.41, 5.74) is 2.81. The van der Waals surface area contributed by atoms with Crippen LogP contribution in [-0.2, 0) is 13.0 Å². The van der Waals surface area contributed by atoms with Crippen LogP contribution in [0.4, 0.5) is 5.82 Å². The lowest BCUT2D eigenvalue weighted by molar-refractivity contribution is 0.0950. The van der Waals surface area contributed by atoms with Crippen molar-refractivity contribution in [3.8, 4) is 0 Å². The number of hydrogen-bond acceptors (Lipinski definition) is 3. The standard InChI is InChI=1S/C21H20ClN3O/c22-19-9-6-17(7-10-19)14-25-21(26)18-8-11-20(24-15-18)23-13-12-16-4-2-1-3-5-16/h1-11,15H,12-14H2,(H,23,24)(H,25,26). The monoisotopic (exact) mass is 365 g/mol. The molecule has 0 spiro atoms. The van der Waals surface area contributed by atoms with E-state index in [0.717, 1.165) is 24.3 Å². The third-order valence-electron chi connectivity index (χ3n) is 3.95. The third-order valence-corrected chi connectivity index (χ3v) is 4.21. The van der Waals surface area contributed by atoms with Crippen molar-refractivity contribution in [1.29, 1.82) is 0 Å². The second kappa shape index (κ2) is 9.02. The summed E-state index contributed by atoms with van der Waals surface area (Å²) in [6, 6.07) is 21.3. The maximum absolute atomic E-state index is 12.2. The van der Waals surface area contributed by atoms with Crippen LogP contribution >= 0.6 is 11.6 Å². The highest BCUT2D eigenvalue weighted by atomic mass is 35.5. The summed E-state index contributed by atoms with van der Waals surface area (Å²) < 4.78 is 0. The molecular formula is C21H20ClN3O. The van der Waals surface area contributed by atoms with Crippen molar-refractivity contribution in [3.05, 3.63) is 94.6 Å². The van der Waals surface area contributed by atoms with Gasteiger partial charge in [-0.3, -0.25) is 4.79 Å². The number of amides is 1. The van der Waals surface area contributed by atoms with Gasteiger partial charge in [0.2, 0.25) is 0 Å². The molecule has 1 aromatic heterocycles. The molecule has 4 nitrogen and oxygen atoms in total. The number of benzene rings is 2. The van der Waals surface area contributed by atoms with Gasteiger partial charge < -0.3 is 10.6 Å². The Balaban J connectivity index is 1.47. The quantitative estimate of drug-likeness (QED) is 0.655. The van der Waals surface area contributed by atoms with Crippen molar-refractivity contribution >= 4 is 23.3 Å². The van der Waals surface area contributed by atoms with E-state index in [0.29, 0.717) is 17.1 Å². The SMILES string of the molecule is O=C(NCc1ccc(Cl)cc1)c1ccc(NCCc2ccccc2)nc1. The molecule has 0 fully saturated rings. The highest BCUT2D eigenvalue weighted by molar-refractivity contribution is 6.30. The Labute approximate surface area is 158 Å². The molecule has 0 bridgehead atoms. The first kappa shape index (κ1) is 18.0. The Kier molecular flexibility index (Phi) is 6.23. The number of anilines is 1. The molecule has 3 rings (SSSR count). The van der Waals surface area contributed by atoms with Crippen LogP contribution in [0.3, 0.4) is 0 Å². The van der Waals surface area contributed by atoms with Crippen LogP contribution in [0.1, 0.15) is 21.5 Å². The number of pyridine rings is 1. The van der Waals surface area contributed by atoms with Crippen LogP contribution in [0.5, 0.6) is 0 Å². The van der Waals surface area contributed by atoms with Crippen molar-refractivity contribution < 1.29 is 4.79 Å². The van der Waals surface area contributed by atoms with E-state index < -0.39 is 0 Å². The van der Waals surface area contributed by atoms with E-state index in [4.69, 9.17) is 11.6 Å². The highest BCUT2D eigenvalue weighted by Crippen LogP contribution is 2.10. The summed E-state index contributed by atoms with van der Waals surface area (Å²) in [6.07, 6.45) is 2.51. The van der Waals surface area contributed by atoms with Gasteiger partial charge >= 0.3 is 0 Å². The van der Waals surface area contributed by atoms with E-state index in [1.165, 1.54) is 5.56 Å². The normalized spacial score (nSPS) is 10.3. The highest BCUT2D eigenvalue weighted by Gasteiger charge is 2.06.